The zero-order chi connectivity index (χ0) is 11.6. The second kappa shape index (κ2) is 4.48. The van der Waals surface area contributed by atoms with Gasteiger partial charge in [-0.25, -0.2) is 8.78 Å². The number of hydrogen-bond donors (Lipinski definition) is 0. The highest BCUT2D eigenvalue weighted by Crippen LogP contribution is 2.35. The highest BCUT2D eigenvalue weighted by atomic mass is 35.5. The van der Waals surface area contributed by atoms with Crippen LogP contribution in [0.3, 0.4) is 0 Å². The molecule has 0 atom stereocenters. The van der Waals surface area contributed by atoms with E-state index in [1.54, 1.807) is 6.07 Å². The second-order valence-electron chi connectivity index (χ2n) is 3.95. The third-order valence-electron chi connectivity index (χ3n) is 2.49. The average Bonchev–Trinajstić information content (AvgIpc) is 2.17. The smallest absolute Gasteiger partial charge is 0.201 e. The molecule has 1 aromatic rings. The van der Waals surface area contributed by atoms with Crippen LogP contribution < -0.4 is 0 Å². The van der Waals surface area contributed by atoms with Crippen molar-refractivity contribution in [1.82, 2.24) is 0 Å². The Bertz CT molecular complexity index is 345. The van der Waals surface area contributed by atoms with Gasteiger partial charge in [0.2, 0.25) is 0 Å². The van der Waals surface area contributed by atoms with Crippen molar-refractivity contribution in [3.8, 4) is 0 Å². The van der Waals surface area contributed by atoms with Gasteiger partial charge in [0.05, 0.1) is 0 Å². The van der Waals surface area contributed by atoms with Crippen LogP contribution in [0.25, 0.3) is 0 Å². The molecule has 0 unspecified atom stereocenters. The van der Waals surface area contributed by atoms with Crippen LogP contribution in [-0.4, -0.2) is 0 Å². The first kappa shape index (κ1) is 12.4. The molecule has 0 saturated heterocycles. The molecule has 0 saturated carbocycles. The molecule has 84 valence electrons. The minimum absolute atomic E-state index is 0.000556. The maximum atomic E-state index is 13.3. The molecule has 0 bridgehead atoms. The van der Waals surface area contributed by atoms with E-state index in [2.05, 4.69) is 0 Å². The summed E-state index contributed by atoms with van der Waals surface area (Å²) >= 11 is 5.95. The Morgan fingerprint density at radius 1 is 1.33 bits per heavy atom. The fourth-order valence-corrected chi connectivity index (χ4v) is 1.83. The van der Waals surface area contributed by atoms with E-state index < -0.39 is 5.92 Å². The largest absolute Gasteiger partial charge is 0.273 e. The highest BCUT2D eigenvalue weighted by molar-refractivity contribution is 6.31. The van der Waals surface area contributed by atoms with Crippen molar-refractivity contribution in [1.29, 1.82) is 0 Å². The van der Waals surface area contributed by atoms with Crippen molar-refractivity contribution >= 4 is 11.6 Å². The molecule has 0 aliphatic carbocycles. The summed E-state index contributed by atoms with van der Waals surface area (Å²) in [6.45, 7) is 5.43. The van der Waals surface area contributed by atoms with Gasteiger partial charge in [-0.3, -0.25) is 0 Å². The summed E-state index contributed by atoms with van der Waals surface area (Å²) < 4.78 is 26.7. The molecule has 1 rings (SSSR count). The van der Waals surface area contributed by atoms with Gasteiger partial charge >= 0.3 is 0 Å². The Labute approximate surface area is 94.3 Å². The van der Waals surface area contributed by atoms with Gasteiger partial charge in [-0.2, -0.15) is 0 Å². The van der Waals surface area contributed by atoms with Gasteiger partial charge in [0.15, 0.2) is 0 Å². The molecule has 0 aliphatic heterocycles. The van der Waals surface area contributed by atoms with E-state index in [4.69, 9.17) is 11.6 Å². The van der Waals surface area contributed by atoms with Crippen molar-refractivity contribution in [2.24, 2.45) is 0 Å². The SMILES string of the molecule is CCC(F)(F)c1ccc(C(C)C)c(Cl)c1. The van der Waals surface area contributed by atoms with Gasteiger partial charge in [0, 0.05) is 17.0 Å². The van der Waals surface area contributed by atoms with Crippen LogP contribution in [0.15, 0.2) is 18.2 Å². The van der Waals surface area contributed by atoms with Gasteiger partial charge in [0.25, 0.3) is 5.92 Å². The summed E-state index contributed by atoms with van der Waals surface area (Å²) in [6.07, 6.45) is -0.204. The van der Waals surface area contributed by atoms with E-state index in [1.807, 2.05) is 13.8 Å². The Morgan fingerprint density at radius 3 is 2.33 bits per heavy atom. The number of benzene rings is 1. The highest BCUT2D eigenvalue weighted by Gasteiger charge is 2.29. The molecule has 3 heteroatoms. The minimum Gasteiger partial charge on any atom is -0.201 e. The Morgan fingerprint density at radius 2 is 1.93 bits per heavy atom. The van der Waals surface area contributed by atoms with Gasteiger partial charge in [-0.1, -0.05) is 44.5 Å². The maximum absolute atomic E-state index is 13.3. The molecule has 0 amide bonds. The molecule has 15 heavy (non-hydrogen) atoms. The normalized spacial score (nSPS) is 12.2. The van der Waals surface area contributed by atoms with E-state index in [0.717, 1.165) is 5.56 Å². The first-order valence-corrected chi connectivity index (χ1v) is 5.44. The monoisotopic (exact) mass is 232 g/mol. The average molecular weight is 233 g/mol. The lowest BCUT2D eigenvalue weighted by Gasteiger charge is -2.16. The Balaban J connectivity index is 3.12. The lowest BCUT2D eigenvalue weighted by atomic mass is 9.98. The number of rotatable bonds is 3. The summed E-state index contributed by atoms with van der Waals surface area (Å²) in [5.41, 5.74) is 0.909. The fraction of sp³-hybridized carbons (Fsp3) is 0.500. The Hall–Kier alpha value is -0.630. The van der Waals surface area contributed by atoms with E-state index >= 15 is 0 Å². The standard InChI is InChI=1S/C12H15ClF2/c1-4-12(14,15)9-5-6-10(8(2)3)11(13)7-9/h5-8H,4H2,1-3H3. The van der Waals surface area contributed by atoms with Gasteiger partial charge in [-0.05, 0) is 17.5 Å². The number of halogens is 3. The van der Waals surface area contributed by atoms with Crippen molar-refractivity contribution < 1.29 is 8.78 Å². The van der Waals surface area contributed by atoms with Gasteiger partial charge in [-0.15, -0.1) is 0 Å². The van der Waals surface area contributed by atoms with Crippen LogP contribution in [0.5, 0.6) is 0 Å². The molecule has 0 spiro atoms. The topological polar surface area (TPSA) is 0 Å². The third kappa shape index (κ3) is 2.69. The van der Waals surface area contributed by atoms with Crippen molar-refractivity contribution in [3.63, 3.8) is 0 Å². The molecular weight excluding hydrogens is 218 g/mol. The first-order chi connectivity index (χ1) is 6.88. The lowest BCUT2D eigenvalue weighted by Crippen LogP contribution is -2.11. The first-order valence-electron chi connectivity index (χ1n) is 5.06. The quantitative estimate of drug-likeness (QED) is 0.691. The summed E-state index contributed by atoms with van der Waals surface area (Å²) in [7, 11) is 0. The van der Waals surface area contributed by atoms with E-state index in [0.29, 0.717) is 5.02 Å². The van der Waals surface area contributed by atoms with Crippen molar-refractivity contribution in [3.05, 3.63) is 34.3 Å². The van der Waals surface area contributed by atoms with E-state index in [-0.39, 0.29) is 17.9 Å². The lowest BCUT2D eigenvalue weighted by molar-refractivity contribution is -0.00829. The summed E-state index contributed by atoms with van der Waals surface area (Å²) in [4.78, 5) is 0. The molecule has 0 nitrogen and oxygen atoms in total. The molecule has 0 radical (unpaired) electrons. The van der Waals surface area contributed by atoms with Crippen LogP contribution >= 0.6 is 11.6 Å². The number of alkyl halides is 2. The molecule has 0 aromatic heterocycles. The predicted octanol–water partition coefficient (Wildman–Crippen LogP) is 4.97. The van der Waals surface area contributed by atoms with Crippen LogP contribution in [0, 0.1) is 0 Å². The Kier molecular flexibility index (Phi) is 3.72. The second-order valence-corrected chi connectivity index (χ2v) is 4.36. The fourth-order valence-electron chi connectivity index (χ4n) is 1.43. The van der Waals surface area contributed by atoms with E-state index in [9.17, 15) is 8.78 Å². The molecule has 0 fully saturated rings. The van der Waals surface area contributed by atoms with Gasteiger partial charge in [0.1, 0.15) is 0 Å². The van der Waals surface area contributed by atoms with Crippen molar-refractivity contribution in [2.75, 3.05) is 0 Å². The third-order valence-corrected chi connectivity index (χ3v) is 2.82. The van der Waals surface area contributed by atoms with E-state index in [1.165, 1.54) is 19.1 Å². The van der Waals surface area contributed by atoms with Crippen LogP contribution in [0.2, 0.25) is 5.02 Å². The summed E-state index contributed by atoms with van der Waals surface area (Å²) in [5, 5.41) is 0.427. The van der Waals surface area contributed by atoms with Crippen LogP contribution in [0.4, 0.5) is 8.78 Å². The molecule has 0 aliphatic rings. The number of hydrogen-bond acceptors (Lipinski definition) is 0. The van der Waals surface area contributed by atoms with Crippen LogP contribution in [-0.2, 0) is 5.92 Å². The van der Waals surface area contributed by atoms with Gasteiger partial charge < -0.3 is 0 Å². The molecule has 0 heterocycles. The summed E-state index contributed by atoms with van der Waals surface area (Å²) in [5.74, 6) is -2.53. The molecule has 1 aromatic carbocycles. The van der Waals surface area contributed by atoms with Crippen molar-refractivity contribution in [2.45, 2.75) is 39.0 Å². The maximum Gasteiger partial charge on any atom is 0.273 e. The summed E-state index contributed by atoms with van der Waals surface area (Å²) in [6, 6.07) is 4.52. The zero-order valence-electron chi connectivity index (χ0n) is 9.15. The minimum atomic E-state index is -2.78. The zero-order valence-corrected chi connectivity index (χ0v) is 9.91. The molecular formula is C12H15ClF2. The molecule has 0 N–H and O–H groups in total. The van der Waals surface area contributed by atoms with Crippen LogP contribution in [0.1, 0.15) is 44.2 Å². The predicted molar refractivity (Wildman–Crippen MR) is 59.7 cm³/mol.